The number of hydrogen-bond acceptors (Lipinski definition) is 3. The maximum atomic E-state index is 12.5. The van der Waals surface area contributed by atoms with Crippen molar-refractivity contribution in [3.05, 3.63) is 33.8 Å². The van der Waals surface area contributed by atoms with E-state index in [1.807, 2.05) is 0 Å². The average Bonchev–Trinajstić information content (AvgIpc) is 2.47. The second-order valence-corrected chi connectivity index (χ2v) is 5.41. The molecule has 1 fully saturated rings. The second kappa shape index (κ2) is 7.27. The SMILES string of the molecule is COCCC1CN(C(=O)c2cccc(Cl)c2Cl)CCO1. The van der Waals surface area contributed by atoms with Crippen LogP contribution in [0.1, 0.15) is 16.8 Å². The van der Waals surface area contributed by atoms with E-state index in [2.05, 4.69) is 0 Å². The zero-order chi connectivity index (χ0) is 14.5. The highest BCUT2D eigenvalue weighted by Crippen LogP contribution is 2.27. The molecule has 0 spiro atoms. The Labute approximate surface area is 128 Å². The molecule has 1 aromatic carbocycles. The first-order chi connectivity index (χ1) is 9.63. The van der Waals surface area contributed by atoms with E-state index in [-0.39, 0.29) is 12.0 Å². The fourth-order valence-corrected chi connectivity index (χ4v) is 2.55. The van der Waals surface area contributed by atoms with Gasteiger partial charge in [-0.05, 0) is 18.6 Å². The lowest BCUT2D eigenvalue weighted by molar-refractivity contribution is -0.0332. The zero-order valence-electron chi connectivity index (χ0n) is 11.3. The van der Waals surface area contributed by atoms with Gasteiger partial charge in [0.1, 0.15) is 0 Å². The number of carbonyl (C=O) groups excluding carboxylic acids is 1. The number of morpholine rings is 1. The topological polar surface area (TPSA) is 38.8 Å². The van der Waals surface area contributed by atoms with Crippen LogP contribution in [0.25, 0.3) is 0 Å². The lowest BCUT2D eigenvalue weighted by atomic mass is 10.1. The van der Waals surface area contributed by atoms with E-state index in [1.165, 1.54) is 0 Å². The molecule has 0 N–H and O–H groups in total. The Kier molecular flexibility index (Phi) is 5.66. The van der Waals surface area contributed by atoms with Crippen LogP contribution in [-0.4, -0.2) is 50.3 Å². The van der Waals surface area contributed by atoms with Crippen LogP contribution >= 0.6 is 23.2 Å². The molecule has 1 aliphatic rings. The van der Waals surface area contributed by atoms with E-state index in [4.69, 9.17) is 32.7 Å². The summed E-state index contributed by atoms with van der Waals surface area (Å²) in [6, 6.07) is 5.09. The zero-order valence-corrected chi connectivity index (χ0v) is 12.8. The van der Waals surface area contributed by atoms with Gasteiger partial charge in [0, 0.05) is 26.8 Å². The molecule has 0 bridgehead atoms. The van der Waals surface area contributed by atoms with Crippen molar-refractivity contribution in [2.45, 2.75) is 12.5 Å². The molecule has 1 unspecified atom stereocenters. The molecule has 0 saturated carbocycles. The minimum absolute atomic E-state index is 0.00519. The predicted octanol–water partition coefficient (Wildman–Crippen LogP) is 2.87. The van der Waals surface area contributed by atoms with Crippen LogP contribution in [-0.2, 0) is 9.47 Å². The number of hydrogen-bond donors (Lipinski definition) is 0. The summed E-state index contributed by atoms with van der Waals surface area (Å²) < 4.78 is 10.7. The second-order valence-electron chi connectivity index (χ2n) is 4.63. The Balaban J connectivity index is 2.06. The highest BCUT2D eigenvalue weighted by atomic mass is 35.5. The molecule has 1 aromatic rings. The number of methoxy groups -OCH3 is 1. The van der Waals surface area contributed by atoms with Crippen LogP contribution in [0.15, 0.2) is 18.2 Å². The number of halogens is 2. The van der Waals surface area contributed by atoms with Crippen molar-refractivity contribution in [1.82, 2.24) is 4.90 Å². The van der Waals surface area contributed by atoms with Gasteiger partial charge in [-0.15, -0.1) is 0 Å². The van der Waals surface area contributed by atoms with Gasteiger partial charge in [0.05, 0.1) is 28.3 Å². The summed E-state index contributed by atoms with van der Waals surface area (Å²) in [6.07, 6.45) is 0.773. The van der Waals surface area contributed by atoms with Crippen molar-refractivity contribution in [3.63, 3.8) is 0 Å². The van der Waals surface area contributed by atoms with Gasteiger partial charge in [-0.1, -0.05) is 29.3 Å². The highest BCUT2D eigenvalue weighted by molar-refractivity contribution is 6.43. The molecule has 6 heteroatoms. The standard InChI is InChI=1S/C14H17Cl2NO3/c1-19-7-5-10-9-17(6-8-20-10)14(18)11-3-2-4-12(15)13(11)16/h2-4,10H,5-9H2,1H3. The number of rotatable bonds is 4. The Morgan fingerprint density at radius 1 is 1.50 bits per heavy atom. The molecule has 2 rings (SSSR count). The summed E-state index contributed by atoms with van der Waals surface area (Å²) in [5, 5.41) is 0.695. The third kappa shape index (κ3) is 3.64. The van der Waals surface area contributed by atoms with E-state index in [9.17, 15) is 4.79 Å². The summed E-state index contributed by atoms with van der Waals surface area (Å²) in [4.78, 5) is 14.2. The largest absolute Gasteiger partial charge is 0.385 e. The van der Waals surface area contributed by atoms with Crippen LogP contribution < -0.4 is 0 Å². The molecule has 4 nitrogen and oxygen atoms in total. The van der Waals surface area contributed by atoms with Crippen LogP contribution in [0.4, 0.5) is 0 Å². The van der Waals surface area contributed by atoms with Gasteiger partial charge in [-0.2, -0.15) is 0 Å². The van der Waals surface area contributed by atoms with Crippen molar-refractivity contribution in [3.8, 4) is 0 Å². The van der Waals surface area contributed by atoms with E-state index in [0.29, 0.717) is 41.9 Å². The molecule has 1 aliphatic heterocycles. The Morgan fingerprint density at radius 2 is 2.30 bits per heavy atom. The molecule has 0 aromatic heterocycles. The first-order valence-corrected chi connectivity index (χ1v) is 7.23. The van der Waals surface area contributed by atoms with Gasteiger partial charge in [-0.25, -0.2) is 0 Å². The minimum atomic E-state index is -0.108. The van der Waals surface area contributed by atoms with Gasteiger partial charge in [0.25, 0.3) is 5.91 Å². The molecule has 1 saturated heterocycles. The van der Waals surface area contributed by atoms with E-state index >= 15 is 0 Å². The molecular weight excluding hydrogens is 301 g/mol. The molecule has 1 atom stereocenters. The highest BCUT2D eigenvalue weighted by Gasteiger charge is 2.26. The van der Waals surface area contributed by atoms with Crippen molar-refractivity contribution in [2.24, 2.45) is 0 Å². The Hall–Kier alpha value is -0.810. The number of amides is 1. The van der Waals surface area contributed by atoms with Gasteiger partial charge in [0.2, 0.25) is 0 Å². The van der Waals surface area contributed by atoms with Crippen molar-refractivity contribution >= 4 is 29.1 Å². The van der Waals surface area contributed by atoms with Crippen molar-refractivity contribution < 1.29 is 14.3 Å². The normalized spacial score (nSPS) is 19.1. The fraction of sp³-hybridized carbons (Fsp3) is 0.500. The third-order valence-corrected chi connectivity index (χ3v) is 4.07. The quantitative estimate of drug-likeness (QED) is 0.857. The predicted molar refractivity (Wildman–Crippen MR) is 78.6 cm³/mol. The average molecular weight is 318 g/mol. The summed E-state index contributed by atoms with van der Waals surface area (Å²) in [7, 11) is 1.65. The first kappa shape index (κ1) is 15.6. The van der Waals surface area contributed by atoms with Gasteiger partial charge < -0.3 is 14.4 Å². The lowest BCUT2D eigenvalue weighted by Gasteiger charge is -2.33. The summed E-state index contributed by atoms with van der Waals surface area (Å²) in [6.45, 7) is 2.25. The van der Waals surface area contributed by atoms with Gasteiger partial charge in [0.15, 0.2) is 0 Å². The van der Waals surface area contributed by atoms with Crippen LogP contribution in [0.5, 0.6) is 0 Å². The van der Waals surface area contributed by atoms with E-state index in [0.717, 1.165) is 6.42 Å². The molecule has 1 heterocycles. The molecule has 0 aliphatic carbocycles. The molecule has 20 heavy (non-hydrogen) atoms. The number of nitrogens with zero attached hydrogens (tertiary/aromatic N) is 1. The third-order valence-electron chi connectivity index (χ3n) is 3.25. The molecular formula is C14H17Cl2NO3. The van der Waals surface area contributed by atoms with Gasteiger partial charge in [-0.3, -0.25) is 4.79 Å². The minimum Gasteiger partial charge on any atom is -0.385 e. The van der Waals surface area contributed by atoms with E-state index in [1.54, 1.807) is 30.2 Å². The van der Waals surface area contributed by atoms with Crippen LogP contribution in [0.2, 0.25) is 10.0 Å². The Bertz CT molecular complexity index is 481. The monoisotopic (exact) mass is 317 g/mol. The lowest BCUT2D eigenvalue weighted by Crippen LogP contribution is -2.46. The number of carbonyl (C=O) groups is 1. The fourth-order valence-electron chi connectivity index (χ4n) is 2.17. The number of benzene rings is 1. The van der Waals surface area contributed by atoms with Crippen LogP contribution in [0.3, 0.4) is 0 Å². The van der Waals surface area contributed by atoms with Crippen molar-refractivity contribution in [2.75, 3.05) is 33.4 Å². The van der Waals surface area contributed by atoms with E-state index < -0.39 is 0 Å². The molecule has 110 valence electrons. The maximum absolute atomic E-state index is 12.5. The summed E-state index contributed by atoms with van der Waals surface area (Å²) in [5.41, 5.74) is 0.437. The molecule has 0 radical (unpaired) electrons. The smallest absolute Gasteiger partial charge is 0.255 e. The molecule has 1 amide bonds. The maximum Gasteiger partial charge on any atom is 0.255 e. The van der Waals surface area contributed by atoms with Crippen LogP contribution in [0, 0.1) is 0 Å². The van der Waals surface area contributed by atoms with Gasteiger partial charge >= 0.3 is 0 Å². The van der Waals surface area contributed by atoms with Crippen molar-refractivity contribution in [1.29, 1.82) is 0 Å². The summed E-state index contributed by atoms with van der Waals surface area (Å²) >= 11 is 12.0. The first-order valence-electron chi connectivity index (χ1n) is 6.47. The Morgan fingerprint density at radius 3 is 3.05 bits per heavy atom. The number of ether oxygens (including phenoxy) is 2. The summed E-state index contributed by atoms with van der Waals surface area (Å²) in [5.74, 6) is -0.108.